The first kappa shape index (κ1) is 17.3. The third-order valence-corrected chi connectivity index (χ3v) is 6.29. The molecule has 0 radical (unpaired) electrons. The molecular formula is C24H18O2S. The molecule has 0 N–H and O–H groups in total. The van der Waals surface area contributed by atoms with Gasteiger partial charge in [0.15, 0.2) is 0 Å². The van der Waals surface area contributed by atoms with Crippen LogP contribution in [0.1, 0.15) is 0 Å². The lowest BCUT2D eigenvalue weighted by Gasteiger charge is -2.08. The van der Waals surface area contributed by atoms with E-state index in [0.717, 1.165) is 22.3 Å². The molecule has 0 aromatic heterocycles. The Morgan fingerprint density at radius 1 is 0.407 bits per heavy atom. The molecule has 0 aliphatic carbocycles. The van der Waals surface area contributed by atoms with Crippen LogP contribution in [0.3, 0.4) is 0 Å². The van der Waals surface area contributed by atoms with E-state index in [1.807, 2.05) is 78.9 Å². The summed E-state index contributed by atoms with van der Waals surface area (Å²) >= 11 is 0. The lowest BCUT2D eigenvalue weighted by molar-refractivity contribution is 0.596. The zero-order valence-electron chi connectivity index (χ0n) is 14.6. The highest BCUT2D eigenvalue weighted by molar-refractivity contribution is 7.91. The Bertz CT molecular complexity index is 1150. The standard InChI is InChI=1S/C24H18O2S/c25-27(26,23-16-14-21(15-17-23)19-8-3-1-4-9-19)24-13-7-12-22(18-24)20-10-5-2-6-11-20/h1-18H. The number of rotatable bonds is 4. The molecule has 0 bridgehead atoms. The van der Waals surface area contributed by atoms with Gasteiger partial charge in [-0.1, -0.05) is 84.9 Å². The zero-order valence-corrected chi connectivity index (χ0v) is 15.4. The maximum absolute atomic E-state index is 13.1. The quantitative estimate of drug-likeness (QED) is 0.451. The van der Waals surface area contributed by atoms with Gasteiger partial charge >= 0.3 is 0 Å². The second-order valence-electron chi connectivity index (χ2n) is 6.29. The van der Waals surface area contributed by atoms with Crippen molar-refractivity contribution in [3.63, 3.8) is 0 Å². The molecule has 0 spiro atoms. The lowest BCUT2D eigenvalue weighted by Crippen LogP contribution is -2.02. The number of sulfone groups is 1. The van der Waals surface area contributed by atoms with Gasteiger partial charge < -0.3 is 0 Å². The maximum Gasteiger partial charge on any atom is 0.206 e. The SMILES string of the molecule is O=S(=O)(c1ccc(-c2ccccc2)cc1)c1cccc(-c2ccccc2)c1. The van der Waals surface area contributed by atoms with E-state index >= 15 is 0 Å². The van der Waals surface area contributed by atoms with Crippen molar-refractivity contribution in [1.29, 1.82) is 0 Å². The summed E-state index contributed by atoms with van der Waals surface area (Å²) in [6.07, 6.45) is 0. The minimum Gasteiger partial charge on any atom is -0.219 e. The van der Waals surface area contributed by atoms with Crippen LogP contribution in [-0.4, -0.2) is 8.42 Å². The number of hydrogen-bond acceptors (Lipinski definition) is 2. The van der Waals surface area contributed by atoms with Crippen LogP contribution in [0, 0.1) is 0 Å². The first-order chi connectivity index (χ1) is 13.1. The van der Waals surface area contributed by atoms with Crippen LogP contribution in [0.15, 0.2) is 119 Å². The van der Waals surface area contributed by atoms with E-state index in [1.54, 1.807) is 30.3 Å². The third kappa shape index (κ3) is 3.55. The van der Waals surface area contributed by atoms with Crippen molar-refractivity contribution in [3.05, 3.63) is 109 Å². The monoisotopic (exact) mass is 370 g/mol. The smallest absolute Gasteiger partial charge is 0.206 e. The van der Waals surface area contributed by atoms with E-state index in [0.29, 0.717) is 9.79 Å². The Morgan fingerprint density at radius 2 is 0.889 bits per heavy atom. The Balaban J connectivity index is 1.70. The molecule has 0 fully saturated rings. The van der Waals surface area contributed by atoms with Crippen molar-refractivity contribution in [1.82, 2.24) is 0 Å². The highest BCUT2D eigenvalue weighted by Gasteiger charge is 2.18. The third-order valence-electron chi connectivity index (χ3n) is 4.52. The van der Waals surface area contributed by atoms with Crippen molar-refractivity contribution in [2.75, 3.05) is 0 Å². The average Bonchev–Trinajstić information content (AvgIpc) is 2.75. The van der Waals surface area contributed by atoms with E-state index in [2.05, 4.69) is 0 Å². The van der Waals surface area contributed by atoms with Crippen LogP contribution in [-0.2, 0) is 9.84 Å². The fourth-order valence-corrected chi connectivity index (χ4v) is 4.37. The second-order valence-corrected chi connectivity index (χ2v) is 8.24. The largest absolute Gasteiger partial charge is 0.219 e. The van der Waals surface area contributed by atoms with E-state index in [1.165, 1.54) is 0 Å². The number of benzene rings is 4. The van der Waals surface area contributed by atoms with Crippen LogP contribution >= 0.6 is 0 Å². The predicted molar refractivity (Wildman–Crippen MR) is 109 cm³/mol. The molecule has 3 heteroatoms. The van der Waals surface area contributed by atoms with Gasteiger partial charge in [0.25, 0.3) is 0 Å². The van der Waals surface area contributed by atoms with Gasteiger partial charge in [0, 0.05) is 0 Å². The van der Waals surface area contributed by atoms with Crippen molar-refractivity contribution in [2.45, 2.75) is 9.79 Å². The summed E-state index contributed by atoms with van der Waals surface area (Å²) in [6, 6.07) is 33.8. The highest BCUT2D eigenvalue weighted by Crippen LogP contribution is 2.28. The molecule has 0 saturated carbocycles. The molecule has 4 aromatic carbocycles. The average molecular weight is 370 g/mol. The molecule has 0 atom stereocenters. The minimum atomic E-state index is -3.57. The fraction of sp³-hybridized carbons (Fsp3) is 0. The molecule has 4 aromatic rings. The van der Waals surface area contributed by atoms with Gasteiger partial charge in [-0.25, -0.2) is 8.42 Å². The van der Waals surface area contributed by atoms with E-state index in [9.17, 15) is 8.42 Å². The molecule has 0 aliphatic heterocycles. The Hall–Kier alpha value is -3.17. The topological polar surface area (TPSA) is 34.1 Å². The van der Waals surface area contributed by atoms with Crippen molar-refractivity contribution in [2.24, 2.45) is 0 Å². The molecular weight excluding hydrogens is 352 g/mol. The maximum atomic E-state index is 13.1. The number of hydrogen-bond donors (Lipinski definition) is 0. The molecule has 0 unspecified atom stereocenters. The van der Waals surface area contributed by atoms with Crippen molar-refractivity contribution >= 4 is 9.84 Å². The highest BCUT2D eigenvalue weighted by atomic mass is 32.2. The van der Waals surface area contributed by atoms with E-state index < -0.39 is 9.84 Å². The van der Waals surface area contributed by atoms with Crippen LogP contribution in [0.25, 0.3) is 22.3 Å². The summed E-state index contributed by atoms with van der Waals surface area (Å²) < 4.78 is 26.1. The van der Waals surface area contributed by atoms with E-state index in [-0.39, 0.29) is 0 Å². The molecule has 4 rings (SSSR count). The molecule has 0 amide bonds. The van der Waals surface area contributed by atoms with Crippen LogP contribution in [0.5, 0.6) is 0 Å². The lowest BCUT2D eigenvalue weighted by atomic mass is 10.1. The minimum absolute atomic E-state index is 0.299. The normalized spacial score (nSPS) is 11.3. The Kier molecular flexibility index (Phi) is 4.61. The van der Waals surface area contributed by atoms with Gasteiger partial charge in [-0.2, -0.15) is 0 Å². The summed E-state index contributed by atoms with van der Waals surface area (Å²) in [6.45, 7) is 0. The van der Waals surface area contributed by atoms with Gasteiger partial charge in [0.05, 0.1) is 9.79 Å². The van der Waals surface area contributed by atoms with Crippen molar-refractivity contribution in [3.8, 4) is 22.3 Å². The summed E-state index contributed by atoms with van der Waals surface area (Å²) in [7, 11) is -3.57. The van der Waals surface area contributed by atoms with Gasteiger partial charge in [-0.15, -0.1) is 0 Å². The van der Waals surface area contributed by atoms with Gasteiger partial charge in [-0.3, -0.25) is 0 Å². The molecule has 0 heterocycles. The van der Waals surface area contributed by atoms with Gasteiger partial charge in [0.1, 0.15) is 0 Å². The van der Waals surface area contributed by atoms with Crippen LogP contribution in [0.2, 0.25) is 0 Å². The molecule has 0 saturated heterocycles. The molecule has 0 aliphatic rings. The summed E-state index contributed by atoms with van der Waals surface area (Å²) in [5.74, 6) is 0. The van der Waals surface area contributed by atoms with Gasteiger partial charge in [0.2, 0.25) is 9.84 Å². The Labute approximate surface area is 159 Å². The zero-order chi connectivity index (χ0) is 18.7. The molecule has 2 nitrogen and oxygen atoms in total. The summed E-state index contributed by atoms with van der Waals surface area (Å²) in [5.41, 5.74) is 3.94. The van der Waals surface area contributed by atoms with Gasteiger partial charge in [-0.05, 0) is 46.5 Å². The molecule has 27 heavy (non-hydrogen) atoms. The Morgan fingerprint density at radius 3 is 1.48 bits per heavy atom. The fourth-order valence-electron chi connectivity index (χ4n) is 3.07. The van der Waals surface area contributed by atoms with Crippen LogP contribution in [0.4, 0.5) is 0 Å². The second kappa shape index (κ2) is 7.22. The first-order valence-electron chi connectivity index (χ1n) is 8.71. The van der Waals surface area contributed by atoms with E-state index in [4.69, 9.17) is 0 Å². The van der Waals surface area contributed by atoms with Crippen molar-refractivity contribution < 1.29 is 8.42 Å². The molecule has 132 valence electrons. The van der Waals surface area contributed by atoms with Crippen LogP contribution < -0.4 is 0 Å². The summed E-state index contributed by atoms with van der Waals surface area (Å²) in [4.78, 5) is 0.601. The summed E-state index contributed by atoms with van der Waals surface area (Å²) in [5, 5.41) is 0. The first-order valence-corrected chi connectivity index (χ1v) is 10.2. The predicted octanol–water partition coefficient (Wildman–Crippen LogP) is 5.85.